The second-order valence-corrected chi connectivity index (χ2v) is 5.51. The third-order valence-electron chi connectivity index (χ3n) is 3.72. The molecular weight excluding hydrogens is 254 g/mol. The molecule has 1 aromatic carbocycles. The van der Waals surface area contributed by atoms with E-state index in [9.17, 15) is 9.90 Å². The van der Waals surface area contributed by atoms with Gasteiger partial charge in [0.15, 0.2) is 0 Å². The van der Waals surface area contributed by atoms with Crippen LogP contribution in [-0.4, -0.2) is 55.7 Å². The van der Waals surface area contributed by atoms with Crippen LogP contribution < -0.4 is 10.6 Å². The average Bonchev–Trinajstić information content (AvgIpc) is 2.83. The SMILES string of the molecule is CN(C)C(C(=O)NCC1CNCC1O)c1ccccc1. The van der Waals surface area contributed by atoms with E-state index in [0.29, 0.717) is 13.1 Å². The number of amides is 1. The summed E-state index contributed by atoms with van der Waals surface area (Å²) in [7, 11) is 3.78. The molecule has 2 rings (SSSR count). The van der Waals surface area contributed by atoms with Crippen molar-refractivity contribution in [3.8, 4) is 0 Å². The fourth-order valence-electron chi connectivity index (χ4n) is 2.58. The summed E-state index contributed by atoms with van der Waals surface area (Å²) in [5.41, 5.74) is 0.972. The minimum atomic E-state index is -0.371. The van der Waals surface area contributed by atoms with Crippen molar-refractivity contribution < 1.29 is 9.90 Å². The Morgan fingerprint density at radius 3 is 2.65 bits per heavy atom. The number of aliphatic hydroxyl groups is 1. The number of nitrogens with one attached hydrogen (secondary N) is 2. The lowest BCUT2D eigenvalue weighted by atomic mass is 10.0. The van der Waals surface area contributed by atoms with Gasteiger partial charge < -0.3 is 15.7 Å². The number of aliphatic hydroxyl groups excluding tert-OH is 1. The smallest absolute Gasteiger partial charge is 0.241 e. The van der Waals surface area contributed by atoms with Crippen molar-refractivity contribution in [3.63, 3.8) is 0 Å². The van der Waals surface area contributed by atoms with E-state index >= 15 is 0 Å². The molecule has 0 spiro atoms. The lowest BCUT2D eigenvalue weighted by Gasteiger charge is -2.25. The Balaban J connectivity index is 1.97. The fourth-order valence-corrected chi connectivity index (χ4v) is 2.58. The summed E-state index contributed by atoms with van der Waals surface area (Å²) in [6.07, 6.45) is -0.371. The molecule has 1 fully saturated rings. The summed E-state index contributed by atoms with van der Waals surface area (Å²) < 4.78 is 0. The largest absolute Gasteiger partial charge is 0.391 e. The van der Waals surface area contributed by atoms with Crippen molar-refractivity contribution >= 4 is 5.91 Å². The molecule has 0 saturated carbocycles. The molecule has 0 aliphatic carbocycles. The maximum atomic E-state index is 12.4. The third-order valence-corrected chi connectivity index (χ3v) is 3.72. The molecule has 1 amide bonds. The van der Waals surface area contributed by atoms with Crippen LogP contribution in [0.3, 0.4) is 0 Å². The molecule has 5 heteroatoms. The molecule has 3 atom stereocenters. The molecular formula is C15H23N3O2. The average molecular weight is 277 g/mol. The van der Waals surface area contributed by atoms with Crippen molar-refractivity contribution in [1.29, 1.82) is 0 Å². The summed E-state index contributed by atoms with van der Waals surface area (Å²) >= 11 is 0. The number of likely N-dealkylation sites (N-methyl/N-ethyl adjacent to an activating group) is 1. The van der Waals surface area contributed by atoms with Crippen molar-refractivity contribution in [3.05, 3.63) is 35.9 Å². The minimum absolute atomic E-state index is 0.0275. The van der Waals surface area contributed by atoms with E-state index in [1.54, 1.807) is 0 Å². The van der Waals surface area contributed by atoms with Crippen molar-refractivity contribution in [2.24, 2.45) is 5.92 Å². The van der Waals surface area contributed by atoms with Gasteiger partial charge in [0.05, 0.1) is 6.10 Å². The van der Waals surface area contributed by atoms with Crippen LogP contribution >= 0.6 is 0 Å². The molecule has 5 nitrogen and oxygen atoms in total. The summed E-state index contributed by atoms with van der Waals surface area (Å²) in [5.74, 6) is 0.0674. The molecule has 3 N–H and O–H groups in total. The van der Waals surface area contributed by atoms with E-state index in [4.69, 9.17) is 0 Å². The van der Waals surface area contributed by atoms with Gasteiger partial charge in [-0.2, -0.15) is 0 Å². The maximum absolute atomic E-state index is 12.4. The van der Waals surface area contributed by atoms with Crippen LogP contribution in [0.1, 0.15) is 11.6 Å². The van der Waals surface area contributed by atoms with E-state index in [1.165, 1.54) is 0 Å². The molecule has 0 aromatic heterocycles. The highest BCUT2D eigenvalue weighted by atomic mass is 16.3. The Morgan fingerprint density at radius 1 is 1.40 bits per heavy atom. The summed E-state index contributed by atoms with van der Waals surface area (Å²) in [6, 6.07) is 9.41. The number of rotatable bonds is 5. The third kappa shape index (κ3) is 3.56. The number of carbonyl (C=O) groups is 1. The molecule has 0 radical (unpaired) electrons. The van der Waals surface area contributed by atoms with Gasteiger partial charge in [0.25, 0.3) is 0 Å². The number of carbonyl (C=O) groups excluding carboxylic acids is 1. The maximum Gasteiger partial charge on any atom is 0.241 e. The number of benzene rings is 1. The highest BCUT2D eigenvalue weighted by molar-refractivity contribution is 5.83. The quantitative estimate of drug-likeness (QED) is 0.708. The molecule has 1 heterocycles. The zero-order valence-corrected chi connectivity index (χ0v) is 12.0. The van der Waals surface area contributed by atoms with Crippen molar-refractivity contribution in [2.75, 3.05) is 33.7 Å². The number of hydrogen-bond donors (Lipinski definition) is 3. The first-order chi connectivity index (χ1) is 9.59. The van der Waals surface area contributed by atoms with Crippen LogP contribution in [0.2, 0.25) is 0 Å². The van der Waals surface area contributed by atoms with Gasteiger partial charge in [-0.15, -0.1) is 0 Å². The second-order valence-electron chi connectivity index (χ2n) is 5.51. The van der Waals surface area contributed by atoms with E-state index in [0.717, 1.165) is 12.1 Å². The Bertz CT molecular complexity index is 436. The van der Waals surface area contributed by atoms with Crippen molar-refractivity contribution in [2.45, 2.75) is 12.1 Å². The standard InChI is InChI=1S/C15H23N3O2/c1-18(2)14(11-6-4-3-5-7-11)15(20)17-9-12-8-16-10-13(12)19/h3-7,12-14,16,19H,8-10H2,1-2H3,(H,17,20). The van der Waals surface area contributed by atoms with Crippen LogP contribution in [-0.2, 0) is 4.79 Å². The first kappa shape index (κ1) is 15.0. The monoisotopic (exact) mass is 277 g/mol. The highest BCUT2D eigenvalue weighted by Crippen LogP contribution is 2.18. The molecule has 20 heavy (non-hydrogen) atoms. The zero-order chi connectivity index (χ0) is 14.5. The first-order valence-corrected chi connectivity index (χ1v) is 6.97. The van der Waals surface area contributed by atoms with E-state index < -0.39 is 0 Å². The molecule has 1 saturated heterocycles. The number of β-amino-alcohol motifs (C(OH)–C–C–N with tert-alkyl or cyclic N) is 1. The van der Waals surface area contributed by atoms with Gasteiger partial charge in [-0.3, -0.25) is 9.69 Å². The Kier molecular flexibility index (Phi) is 5.11. The molecule has 3 unspecified atom stereocenters. The van der Waals surface area contributed by atoms with Crippen LogP contribution in [0.15, 0.2) is 30.3 Å². The first-order valence-electron chi connectivity index (χ1n) is 6.97. The van der Waals surface area contributed by atoms with E-state index in [2.05, 4.69) is 10.6 Å². The molecule has 110 valence electrons. The predicted octanol–water partition coefficient (Wildman–Crippen LogP) is -0.0142. The van der Waals surface area contributed by atoms with Crippen LogP contribution in [0.4, 0.5) is 0 Å². The van der Waals surface area contributed by atoms with Gasteiger partial charge in [0, 0.05) is 25.6 Å². The fraction of sp³-hybridized carbons (Fsp3) is 0.533. The van der Waals surface area contributed by atoms with Gasteiger partial charge >= 0.3 is 0 Å². The summed E-state index contributed by atoms with van der Waals surface area (Å²) in [6.45, 7) is 1.86. The lowest BCUT2D eigenvalue weighted by Crippen LogP contribution is -2.41. The van der Waals surface area contributed by atoms with Crippen LogP contribution in [0.25, 0.3) is 0 Å². The van der Waals surface area contributed by atoms with Crippen molar-refractivity contribution in [1.82, 2.24) is 15.5 Å². The van der Waals surface area contributed by atoms with Gasteiger partial charge in [0.1, 0.15) is 6.04 Å². The normalized spacial score (nSPS) is 23.8. The lowest BCUT2D eigenvalue weighted by molar-refractivity contribution is -0.126. The van der Waals surface area contributed by atoms with Gasteiger partial charge in [-0.1, -0.05) is 30.3 Å². The summed E-state index contributed by atoms with van der Waals surface area (Å²) in [5, 5.41) is 15.8. The highest BCUT2D eigenvalue weighted by Gasteiger charge is 2.27. The number of nitrogens with zero attached hydrogens (tertiary/aromatic N) is 1. The molecule has 1 aliphatic heterocycles. The van der Waals surface area contributed by atoms with Gasteiger partial charge in [-0.05, 0) is 19.7 Å². The minimum Gasteiger partial charge on any atom is -0.391 e. The zero-order valence-electron chi connectivity index (χ0n) is 12.0. The van der Waals surface area contributed by atoms with Gasteiger partial charge in [0.2, 0.25) is 5.91 Å². The number of hydrogen-bond acceptors (Lipinski definition) is 4. The molecule has 1 aliphatic rings. The Morgan fingerprint density at radius 2 is 2.10 bits per heavy atom. The Hall–Kier alpha value is -1.43. The van der Waals surface area contributed by atoms with Crippen LogP contribution in [0.5, 0.6) is 0 Å². The van der Waals surface area contributed by atoms with Gasteiger partial charge in [-0.25, -0.2) is 0 Å². The molecule has 1 aromatic rings. The van der Waals surface area contributed by atoms with Crippen LogP contribution in [0, 0.1) is 5.92 Å². The van der Waals surface area contributed by atoms with E-state index in [1.807, 2.05) is 49.3 Å². The van der Waals surface area contributed by atoms with E-state index in [-0.39, 0.29) is 24.0 Å². The predicted molar refractivity (Wildman–Crippen MR) is 78.2 cm³/mol. The topological polar surface area (TPSA) is 64.6 Å². The summed E-state index contributed by atoms with van der Waals surface area (Å²) in [4.78, 5) is 14.3. The second kappa shape index (κ2) is 6.83. The Labute approximate surface area is 120 Å². The molecule has 0 bridgehead atoms.